The van der Waals surface area contributed by atoms with Crippen LogP contribution in [0.4, 0.5) is 10.5 Å². The van der Waals surface area contributed by atoms with Crippen molar-refractivity contribution < 1.29 is 39.2 Å². The molecule has 0 heterocycles. The molecule has 3 amide bonds. The van der Waals surface area contributed by atoms with Gasteiger partial charge in [-0.3, -0.25) is 9.59 Å². The minimum Gasteiger partial charge on any atom is -0.508 e. The van der Waals surface area contributed by atoms with E-state index in [0.717, 1.165) is 4.90 Å². The van der Waals surface area contributed by atoms with Crippen molar-refractivity contribution in [3.05, 3.63) is 83.9 Å². The summed E-state index contributed by atoms with van der Waals surface area (Å²) < 4.78 is 10.6. The molecule has 0 aliphatic rings. The van der Waals surface area contributed by atoms with E-state index < -0.39 is 42.2 Å². The molecule has 0 radical (unpaired) electrons. The van der Waals surface area contributed by atoms with E-state index in [1.165, 1.54) is 37.4 Å². The Bertz CT molecular complexity index is 1350. The highest BCUT2D eigenvalue weighted by atomic mass is 16.6. The van der Waals surface area contributed by atoms with Crippen LogP contribution in [0.5, 0.6) is 17.2 Å². The maximum atomic E-state index is 14.2. The molecule has 0 aliphatic heterocycles. The predicted molar refractivity (Wildman–Crippen MR) is 156 cm³/mol. The standard InChI is InChI=1S/C31H37N3O8/c1-31(2,3)42-30(40)33-26(18-20-8-12-23(36)13-9-20)29(39)34(16-17-35)27(21-6-5-7-24(37)19-21)28(38)32-22-10-14-25(41-4)15-11-22/h5-15,19,26-27,35-37H,16-18H2,1-4H3,(H,32,38)(H,33,40). The normalized spacial score (nSPS) is 12.5. The Morgan fingerprint density at radius 1 is 0.929 bits per heavy atom. The van der Waals surface area contributed by atoms with Crippen molar-refractivity contribution in [2.24, 2.45) is 0 Å². The number of benzene rings is 3. The lowest BCUT2D eigenvalue weighted by molar-refractivity contribution is -0.141. The van der Waals surface area contributed by atoms with Gasteiger partial charge in [-0.15, -0.1) is 0 Å². The van der Waals surface area contributed by atoms with Crippen molar-refractivity contribution in [3.8, 4) is 17.2 Å². The Kier molecular flexibility index (Phi) is 10.8. The van der Waals surface area contributed by atoms with Gasteiger partial charge in [0.1, 0.15) is 34.9 Å². The first kappa shape index (κ1) is 31.8. The van der Waals surface area contributed by atoms with E-state index >= 15 is 0 Å². The average Bonchev–Trinajstić information content (AvgIpc) is 2.92. The third-order valence-corrected chi connectivity index (χ3v) is 6.09. The summed E-state index contributed by atoms with van der Waals surface area (Å²) in [6.45, 7) is 4.29. The summed E-state index contributed by atoms with van der Waals surface area (Å²) in [5.74, 6) is -0.809. The molecular weight excluding hydrogens is 542 g/mol. The van der Waals surface area contributed by atoms with Gasteiger partial charge in [0.25, 0.3) is 5.91 Å². The summed E-state index contributed by atoms with van der Waals surface area (Å²) >= 11 is 0. The van der Waals surface area contributed by atoms with Gasteiger partial charge >= 0.3 is 6.09 Å². The molecule has 0 spiro atoms. The van der Waals surface area contributed by atoms with Gasteiger partial charge < -0.3 is 40.3 Å². The quantitative estimate of drug-likeness (QED) is 0.230. The third kappa shape index (κ3) is 9.13. The second-order valence-corrected chi connectivity index (χ2v) is 10.5. The van der Waals surface area contributed by atoms with Crippen LogP contribution in [0.2, 0.25) is 0 Å². The molecular formula is C31H37N3O8. The largest absolute Gasteiger partial charge is 0.508 e. The van der Waals surface area contributed by atoms with E-state index in [0.29, 0.717) is 17.0 Å². The van der Waals surface area contributed by atoms with Crippen LogP contribution in [0.1, 0.15) is 37.9 Å². The summed E-state index contributed by atoms with van der Waals surface area (Å²) in [4.78, 5) is 41.9. The summed E-state index contributed by atoms with van der Waals surface area (Å²) in [6.07, 6.45) is -0.854. The van der Waals surface area contributed by atoms with Crippen molar-refractivity contribution in [2.75, 3.05) is 25.6 Å². The lowest BCUT2D eigenvalue weighted by atomic mass is 10.00. The van der Waals surface area contributed by atoms with Gasteiger partial charge in [-0.05, 0) is 80.4 Å². The number of aliphatic hydroxyl groups excluding tert-OH is 1. The average molecular weight is 580 g/mol. The molecule has 2 unspecified atom stereocenters. The molecule has 0 fully saturated rings. The molecule has 42 heavy (non-hydrogen) atoms. The Balaban J connectivity index is 2.02. The lowest BCUT2D eigenvalue weighted by Crippen LogP contribution is -2.53. The zero-order valence-electron chi connectivity index (χ0n) is 24.0. The topological polar surface area (TPSA) is 158 Å². The number of methoxy groups -OCH3 is 1. The smallest absolute Gasteiger partial charge is 0.408 e. The van der Waals surface area contributed by atoms with Crippen LogP contribution in [0.25, 0.3) is 0 Å². The number of aromatic hydroxyl groups is 2. The number of hydrogen-bond acceptors (Lipinski definition) is 8. The summed E-state index contributed by atoms with van der Waals surface area (Å²) in [5.41, 5.74) is 0.477. The number of rotatable bonds is 11. The number of ether oxygens (including phenoxy) is 2. The molecule has 224 valence electrons. The number of amides is 3. The minimum absolute atomic E-state index is 0.00680. The number of alkyl carbamates (subject to hydrolysis) is 1. The van der Waals surface area contributed by atoms with E-state index in [4.69, 9.17) is 9.47 Å². The van der Waals surface area contributed by atoms with Crippen LogP contribution in [0.15, 0.2) is 72.8 Å². The molecule has 0 saturated carbocycles. The molecule has 0 aliphatic carbocycles. The fraction of sp³-hybridized carbons (Fsp3) is 0.323. The monoisotopic (exact) mass is 579 g/mol. The van der Waals surface area contributed by atoms with Crippen LogP contribution in [-0.4, -0.2) is 70.0 Å². The number of anilines is 1. The van der Waals surface area contributed by atoms with Gasteiger partial charge in [0, 0.05) is 18.7 Å². The van der Waals surface area contributed by atoms with Crippen molar-refractivity contribution in [3.63, 3.8) is 0 Å². The zero-order chi connectivity index (χ0) is 30.9. The number of nitrogens with zero attached hydrogens (tertiary/aromatic N) is 1. The maximum absolute atomic E-state index is 14.2. The molecule has 0 saturated heterocycles. The maximum Gasteiger partial charge on any atom is 0.408 e. The summed E-state index contributed by atoms with van der Waals surface area (Å²) in [5, 5.41) is 35.3. The minimum atomic E-state index is -1.30. The van der Waals surface area contributed by atoms with Gasteiger partial charge in [0.05, 0.1) is 13.7 Å². The van der Waals surface area contributed by atoms with Crippen molar-refractivity contribution in [2.45, 2.75) is 44.9 Å². The predicted octanol–water partition coefficient (Wildman–Crippen LogP) is 3.74. The number of phenolic OH excluding ortho intramolecular Hbond substituents is 2. The molecule has 5 N–H and O–H groups in total. The van der Waals surface area contributed by atoms with E-state index in [2.05, 4.69) is 10.6 Å². The van der Waals surface area contributed by atoms with Crippen LogP contribution in [0, 0.1) is 0 Å². The van der Waals surface area contributed by atoms with Gasteiger partial charge in [0.2, 0.25) is 5.91 Å². The van der Waals surface area contributed by atoms with Crippen LogP contribution in [0.3, 0.4) is 0 Å². The highest BCUT2D eigenvalue weighted by Crippen LogP contribution is 2.28. The second-order valence-electron chi connectivity index (χ2n) is 10.5. The number of nitrogens with one attached hydrogen (secondary N) is 2. The summed E-state index contributed by atoms with van der Waals surface area (Å²) in [6, 6.07) is 16.1. The molecule has 11 heteroatoms. The molecule has 0 aromatic heterocycles. The first-order chi connectivity index (χ1) is 19.9. The molecule has 11 nitrogen and oxygen atoms in total. The van der Waals surface area contributed by atoms with Crippen molar-refractivity contribution in [1.29, 1.82) is 0 Å². The van der Waals surface area contributed by atoms with Crippen LogP contribution < -0.4 is 15.4 Å². The molecule has 0 bridgehead atoms. The SMILES string of the molecule is COc1ccc(NC(=O)C(c2cccc(O)c2)N(CCO)C(=O)C(Cc2ccc(O)cc2)NC(=O)OC(C)(C)C)cc1. The van der Waals surface area contributed by atoms with E-state index in [-0.39, 0.29) is 30.0 Å². The number of carbonyl (C=O) groups is 3. The van der Waals surface area contributed by atoms with Crippen LogP contribution >= 0.6 is 0 Å². The van der Waals surface area contributed by atoms with E-state index in [1.54, 1.807) is 63.2 Å². The Morgan fingerprint density at radius 3 is 2.17 bits per heavy atom. The van der Waals surface area contributed by atoms with Gasteiger partial charge in [-0.2, -0.15) is 0 Å². The highest BCUT2D eigenvalue weighted by molar-refractivity contribution is 5.99. The van der Waals surface area contributed by atoms with Crippen molar-refractivity contribution in [1.82, 2.24) is 10.2 Å². The number of phenols is 2. The first-order valence-corrected chi connectivity index (χ1v) is 13.3. The third-order valence-electron chi connectivity index (χ3n) is 6.09. The van der Waals surface area contributed by atoms with Gasteiger partial charge in [0.15, 0.2) is 0 Å². The lowest BCUT2D eigenvalue weighted by Gasteiger charge is -2.34. The molecule has 3 rings (SSSR count). The van der Waals surface area contributed by atoms with Crippen molar-refractivity contribution >= 4 is 23.6 Å². The van der Waals surface area contributed by atoms with E-state index in [1.807, 2.05) is 0 Å². The fourth-order valence-corrected chi connectivity index (χ4v) is 4.24. The Labute approximate surface area is 244 Å². The van der Waals surface area contributed by atoms with E-state index in [9.17, 15) is 29.7 Å². The Morgan fingerprint density at radius 2 is 1.60 bits per heavy atom. The number of carbonyl (C=O) groups excluding carboxylic acids is 3. The molecule has 3 aromatic carbocycles. The molecule has 2 atom stereocenters. The number of hydrogen-bond donors (Lipinski definition) is 5. The summed E-state index contributed by atoms with van der Waals surface area (Å²) in [7, 11) is 1.52. The zero-order valence-corrected chi connectivity index (χ0v) is 24.0. The first-order valence-electron chi connectivity index (χ1n) is 13.3. The highest BCUT2D eigenvalue weighted by Gasteiger charge is 2.36. The molecule has 3 aromatic rings. The fourth-order valence-electron chi connectivity index (χ4n) is 4.24. The van der Waals surface area contributed by atoms with Gasteiger partial charge in [-0.1, -0.05) is 24.3 Å². The second kappa shape index (κ2) is 14.2. The number of aliphatic hydroxyl groups is 1. The van der Waals surface area contributed by atoms with Gasteiger partial charge in [-0.25, -0.2) is 4.79 Å². The Hall–Kier alpha value is -4.77. The van der Waals surface area contributed by atoms with Crippen LogP contribution in [-0.2, 0) is 20.7 Å².